The molecule has 0 unspecified atom stereocenters. The fourth-order valence-electron chi connectivity index (χ4n) is 4.06. The molecule has 142 valence electrons. The monoisotopic (exact) mass is 374 g/mol. The van der Waals surface area contributed by atoms with Gasteiger partial charge in [0.05, 0.1) is 4.87 Å². The number of rotatable bonds is 5. The van der Waals surface area contributed by atoms with Crippen LogP contribution in [0, 0.1) is 6.92 Å². The van der Waals surface area contributed by atoms with Gasteiger partial charge in [0.25, 0.3) is 5.91 Å². The van der Waals surface area contributed by atoms with Crippen LogP contribution >= 0.6 is 11.8 Å². The van der Waals surface area contributed by atoms with Crippen molar-refractivity contribution < 1.29 is 9.59 Å². The molecule has 2 heterocycles. The van der Waals surface area contributed by atoms with Crippen molar-refractivity contribution in [2.24, 2.45) is 0 Å². The molecular formula is C21H30N2O2S. The summed E-state index contributed by atoms with van der Waals surface area (Å²) in [6.45, 7) is 6.51. The predicted octanol–water partition coefficient (Wildman–Crippen LogP) is 4.08. The Kier molecular flexibility index (Phi) is 6.28. The number of amides is 2. The SMILES string of the molecule is CCCCCC(=O)N1CCC2(CC1)SCCN2C(=O)c1ccccc1C. The molecule has 0 saturated carbocycles. The maximum absolute atomic E-state index is 13.2. The van der Waals surface area contributed by atoms with E-state index in [-0.39, 0.29) is 16.7 Å². The van der Waals surface area contributed by atoms with Gasteiger partial charge < -0.3 is 9.80 Å². The Morgan fingerprint density at radius 2 is 1.85 bits per heavy atom. The quantitative estimate of drug-likeness (QED) is 0.729. The lowest BCUT2D eigenvalue weighted by molar-refractivity contribution is -0.132. The van der Waals surface area contributed by atoms with Crippen LogP contribution in [-0.2, 0) is 4.79 Å². The fourth-order valence-corrected chi connectivity index (χ4v) is 5.51. The Morgan fingerprint density at radius 3 is 2.54 bits per heavy atom. The molecule has 1 spiro atoms. The van der Waals surface area contributed by atoms with Crippen LogP contribution in [0.1, 0.15) is 61.4 Å². The molecule has 0 radical (unpaired) electrons. The number of unbranched alkanes of at least 4 members (excludes halogenated alkanes) is 2. The normalized spacial score (nSPS) is 19.2. The second kappa shape index (κ2) is 8.47. The van der Waals surface area contributed by atoms with Gasteiger partial charge in [-0.15, -0.1) is 11.8 Å². The highest BCUT2D eigenvalue weighted by molar-refractivity contribution is 8.00. The highest BCUT2D eigenvalue weighted by Crippen LogP contribution is 2.44. The highest BCUT2D eigenvalue weighted by Gasteiger charge is 2.47. The Balaban J connectivity index is 1.64. The third-order valence-electron chi connectivity index (χ3n) is 5.69. The van der Waals surface area contributed by atoms with Gasteiger partial charge in [-0.05, 0) is 37.8 Å². The second-order valence-corrected chi connectivity index (χ2v) is 8.86. The number of thioether (sulfide) groups is 1. The Labute approximate surface area is 161 Å². The van der Waals surface area contributed by atoms with Crippen LogP contribution in [0.25, 0.3) is 0 Å². The molecule has 2 fully saturated rings. The number of piperidine rings is 1. The maximum Gasteiger partial charge on any atom is 0.255 e. The molecule has 2 amide bonds. The van der Waals surface area contributed by atoms with E-state index in [9.17, 15) is 9.59 Å². The molecule has 3 rings (SSSR count). The van der Waals surface area contributed by atoms with Gasteiger partial charge in [-0.1, -0.05) is 38.0 Å². The molecule has 4 nitrogen and oxygen atoms in total. The van der Waals surface area contributed by atoms with Crippen molar-refractivity contribution in [3.8, 4) is 0 Å². The number of hydrogen-bond donors (Lipinski definition) is 0. The van der Waals surface area contributed by atoms with Crippen molar-refractivity contribution >= 4 is 23.6 Å². The lowest BCUT2D eigenvalue weighted by Gasteiger charge is -2.44. The van der Waals surface area contributed by atoms with Gasteiger partial charge >= 0.3 is 0 Å². The van der Waals surface area contributed by atoms with Crippen LogP contribution in [0.5, 0.6) is 0 Å². The molecule has 2 aliphatic heterocycles. The first kappa shape index (κ1) is 19.3. The number of carbonyl (C=O) groups is 2. The van der Waals surface area contributed by atoms with E-state index < -0.39 is 0 Å². The smallest absolute Gasteiger partial charge is 0.255 e. The number of carbonyl (C=O) groups excluding carboxylic acids is 2. The molecule has 0 bridgehead atoms. The van der Waals surface area contributed by atoms with Gasteiger partial charge in [0.15, 0.2) is 0 Å². The maximum atomic E-state index is 13.2. The summed E-state index contributed by atoms with van der Waals surface area (Å²) in [4.78, 5) is 29.5. The molecule has 2 aliphatic rings. The molecular weight excluding hydrogens is 344 g/mol. The van der Waals surface area contributed by atoms with E-state index in [0.717, 1.165) is 68.6 Å². The number of aryl methyl sites for hydroxylation is 1. The summed E-state index contributed by atoms with van der Waals surface area (Å²) < 4.78 is 0. The van der Waals surface area contributed by atoms with Crippen molar-refractivity contribution in [3.63, 3.8) is 0 Å². The Hall–Kier alpha value is -1.49. The molecule has 2 saturated heterocycles. The summed E-state index contributed by atoms with van der Waals surface area (Å²) in [6, 6.07) is 7.85. The highest BCUT2D eigenvalue weighted by atomic mass is 32.2. The number of benzene rings is 1. The molecule has 1 aromatic carbocycles. The average molecular weight is 375 g/mol. The number of likely N-dealkylation sites (tertiary alicyclic amines) is 1. The Bertz CT molecular complexity index is 653. The van der Waals surface area contributed by atoms with Crippen molar-refractivity contribution in [1.29, 1.82) is 0 Å². The summed E-state index contributed by atoms with van der Waals surface area (Å²) in [5.41, 5.74) is 1.85. The number of hydrogen-bond acceptors (Lipinski definition) is 3. The summed E-state index contributed by atoms with van der Waals surface area (Å²) in [5.74, 6) is 1.42. The third-order valence-corrected chi connectivity index (χ3v) is 7.24. The van der Waals surface area contributed by atoms with Gasteiger partial charge in [0.2, 0.25) is 5.91 Å². The standard InChI is InChI=1S/C21H30N2O2S/c1-3-4-5-10-19(24)22-13-11-21(12-14-22)23(15-16-26-21)20(25)18-9-7-6-8-17(18)2/h6-9H,3-5,10-16H2,1-2H3. The zero-order valence-corrected chi connectivity index (χ0v) is 16.8. The zero-order valence-electron chi connectivity index (χ0n) is 16.0. The minimum atomic E-state index is -0.125. The first-order valence-electron chi connectivity index (χ1n) is 9.87. The van der Waals surface area contributed by atoms with E-state index in [0.29, 0.717) is 6.42 Å². The van der Waals surface area contributed by atoms with E-state index in [4.69, 9.17) is 0 Å². The minimum Gasteiger partial charge on any atom is -0.342 e. The molecule has 0 atom stereocenters. The van der Waals surface area contributed by atoms with Crippen LogP contribution < -0.4 is 0 Å². The van der Waals surface area contributed by atoms with E-state index >= 15 is 0 Å². The Morgan fingerprint density at radius 1 is 1.12 bits per heavy atom. The molecule has 0 N–H and O–H groups in total. The van der Waals surface area contributed by atoms with Gasteiger partial charge in [0, 0.05) is 37.4 Å². The summed E-state index contributed by atoms with van der Waals surface area (Å²) >= 11 is 1.90. The van der Waals surface area contributed by atoms with Crippen molar-refractivity contribution in [2.75, 3.05) is 25.4 Å². The molecule has 0 aliphatic carbocycles. The number of nitrogens with zero attached hydrogens (tertiary/aromatic N) is 2. The first-order chi connectivity index (χ1) is 12.6. The first-order valence-corrected chi connectivity index (χ1v) is 10.9. The van der Waals surface area contributed by atoms with Gasteiger partial charge in [-0.25, -0.2) is 0 Å². The van der Waals surface area contributed by atoms with Crippen molar-refractivity contribution in [3.05, 3.63) is 35.4 Å². The van der Waals surface area contributed by atoms with Gasteiger partial charge in [-0.2, -0.15) is 0 Å². The van der Waals surface area contributed by atoms with E-state index in [2.05, 4.69) is 11.8 Å². The molecule has 0 aromatic heterocycles. The molecule has 1 aromatic rings. The summed E-state index contributed by atoms with van der Waals surface area (Å²) in [6.07, 6.45) is 5.69. The van der Waals surface area contributed by atoms with Gasteiger partial charge in [-0.3, -0.25) is 9.59 Å². The largest absolute Gasteiger partial charge is 0.342 e. The summed E-state index contributed by atoms with van der Waals surface area (Å²) in [5, 5.41) is 0. The van der Waals surface area contributed by atoms with Crippen molar-refractivity contribution in [1.82, 2.24) is 9.80 Å². The fraction of sp³-hybridized carbons (Fsp3) is 0.619. The summed E-state index contributed by atoms with van der Waals surface area (Å²) in [7, 11) is 0. The second-order valence-electron chi connectivity index (χ2n) is 7.40. The van der Waals surface area contributed by atoms with Crippen LogP contribution in [0.15, 0.2) is 24.3 Å². The van der Waals surface area contributed by atoms with Crippen LogP contribution in [0.2, 0.25) is 0 Å². The predicted molar refractivity (Wildman–Crippen MR) is 107 cm³/mol. The van der Waals surface area contributed by atoms with E-state index in [1.807, 2.05) is 47.9 Å². The topological polar surface area (TPSA) is 40.6 Å². The van der Waals surface area contributed by atoms with Crippen molar-refractivity contribution in [2.45, 2.75) is 57.2 Å². The third kappa shape index (κ3) is 3.93. The van der Waals surface area contributed by atoms with E-state index in [1.165, 1.54) is 0 Å². The zero-order chi connectivity index (χ0) is 18.6. The van der Waals surface area contributed by atoms with Crippen LogP contribution in [0.4, 0.5) is 0 Å². The lowest BCUT2D eigenvalue weighted by atomic mass is 9.99. The lowest BCUT2D eigenvalue weighted by Crippen LogP contribution is -2.53. The minimum absolute atomic E-state index is 0.125. The van der Waals surface area contributed by atoms with Gasteiger partial charge in [0.1, 0.15) is 0 Å². The molecule has 5 heteroatoms. The molecule has 26 heavy (non-hydrogen) atoms. The van der Waals surface area contributed by atoms with E-state index in [1.54, 1.807) is 0 Å². The average Bonchev–Trinajstić information content (AvgIpc) is 3.05. The van der Waals surface area contributed by atoms with Crippen LogP contribution in [0.3, 0.4) is 0 Å². The van der Waals surface area contributed by atoms with Crippen LogP contribution in [-0.4, -0.2) is 51.9 Å².